The second-order valence-corrected chi connectivity index (χ2v) is 38.0. The average Bonchev–Trinajstić information content (AvgIpc) is 1.67. The number of hydrogen-bond donors (Lipinski definition) is 8. The number of alkyl halides is 7. The zero-order valence-electron chi connectivity index (χ0n) is 81.4. The summed E-state index contributed by atoms with van der Waals surface area (Å²) in [6, 6.07) is 61.6. The number of ketones is 1. The van der Waals surface area contributed by atoms with E-state index in [2.05, 4.69) is 126 Å². The first-order chi connectivity index (χ1) is 72.1. The number of hydrogen-bond acceptors (Lipinski definition) is 27. The first kappa shape index (κ1) is 104. The highest BCUT2D eigenvalue weighted by molar-refractivity contribution is 6.19. The summed E-state index contributed by atoms with van der Waals surface area (Å²) in [6.45, 7) is 13.3. The number of amides is 2. The summed E-state index contributed by atoms with van der Waals surface area (Å²) >= 11 is 5.47. The first-order valence-corrected chi connectivity index (χ1v) is 50.4. The molecule has 0 atom stereocenters. The number of likely N-dealkylation sites (tertiary alicyclic amines) is 4. The molecule has 0 unspecified atom stereocenters. The molecule has 0 radical (unpaired) electrons. The summed E-state index contributed by atoms with van der Waals surface area (Å²) < 4.78 is 114. The van der Waals surface area contributed by atoms with Crippen molar-refractivity contribution < 1.29 is 72.3 Å². The number of oxazole rings is 5. The number of nitrogens with two attached hydrogens (primary N) is 1. The Kier molecular flexibility index (Phi) is 33.3. The number of fused-ring (bicyclic) bond motifs is 5. The minimum atomic E-state index is -4.40. The van der Waals surface area contributed by atoms with Crippen molar-refractivity contribution in [1.29, 1.82) is 0 Å². The third-order valence-electron chi connectivity index (χ3n) is 27.7. The van der Waals surface area contributed by atoms with Gasteiger partial charge in [-0.2, -0.15) is 46.7 Å². The molecule has 8 aliphatic rings. The van der Waals surface area contributed by atoms with Gasteiger partial charge in [0.05, 0.1) is 73.6 Å². The molecule has 149 heavy (non-hydrogen) atoms. The predicted molar refractivity (Wildman–Crippen MR) is 549 cm³/mol. The van der Waals surface area contributed by atoms with Crippen LogP contribution in [0.5, 0.6) is 0 Å². The fourth-order valence-corrected chi connectivity index (χ4v) is 19.7. The third kappa shape index (κ3) is 27.3. The molecule has 5 fully saturated rings. The number of nitrogens with zero attached hydrogens (tertiary/aromatic N) is 12. The molecule has 2 amide bonds. The fraction of sp³-hybridized carbons (Fsp3) is 0.364. The first-order valence-electron chi connectivity index (χ1n) is 49.8. The van der Waals surface area contributed by atoms with Gasteiger partial charge in [-0.05, 0) is 197 Å². The van der Waals surface area contributed by atoms with Crippen LogP contribution in [0, 0.1) is 0 Å². The Morgan fingerprint density at radius 3 is 1.13 bits per heavy atom. The highest BCUT2D eigenvalue weighted by Crippen LogP contribution is 2.35. The van der Waals surface area contributed by atoms with Crippen LogP contribution in [0.4, 0.5) is 35.9 Å². The number of ether oxygens (including phenoxy) is 2. The number of halogens is 7. The fourth-order valence-electron chi connectivity index (χ4n) is 19.5. The highest BCUT2D eigenvalue weighted by atomic mass is 35.5. The van der Waals surface area contributed by atoms with Crippen LogP contribution in [-0.2, 0) is 48.1 Å². The van der Waals surface area contributed by atoms with E-state index in [1.165, 1.54) is 35.4 Å². The van der Waals surface area contributed by atoms with E-state index in [9.17, 15) is 64.7 Å². The van der Waals surface area contributed by atoms with Crippen LogP contribution in [-0.4, -0.2) is 220 Å². The van der Waals surface area contributed by atoms with Gasteiger partial charge in [-0.15, -0.1) is 11.6 Å². The topological polar surface area (TPSA) is 427 Å². The Labute approximate surface area is 853 Å². The van der Waals surface area contributed by atoms with Crippen LogP contribution in [0.3, 0.4) is 0 Å². The molecule has 23 rings (SSSR count). The molecule has 0 saturated carbocycles. The van der Waals surface area contributed by atoms with Crippen LogP contribution in [0.1, 0.15) is 156 Å². The smallest absolute Gasteiger partial charge is 0.417 e. The van der Waals surface area contributed by atoms with Gasteiger partial charge in [0.15, 0.2) is 33.7 Å². The summed E-state index contributed by atoms with van der Waals surface area (Å²) in [5, 5.41) is 29.1. The number of aromatic amines is 5. The monoisotopic (exact) mass is 2070 g/mol. The lowest BCUT2D eigenvalue weighted by Crippen LogP contribution is -2.44. The van der Waals surface area contributed by atoms with Crippen LogP contribution in [0.15, 0.2) is 274 Å². The Morgan fingerprint density at radius 1 is 0.396 bits per heavy atom. The number of aromatic nitrogens is 7. The van der Waals surface area contributed by atoms with Crippen molar-refractivity contribution >= 4 is 102 Å². The average molecular weight is 2070 g/mol. The zero-order valence-corrected chi connectivity index (χ0v) is 82.2. The molecule has 780 valence electrons. The molecule has 8 aliphatic heterocycles. The number of rotatable bonds is 20. The van der Waals surface area contributed by atoms with Gasteiger partial charge in [-0.1, -0.05) is 109 Å². The molecule has 0 bridgehead atoms. The Morgan fingerprint density at radius 2 is 0.745 bits per heavy atom. The molecule has 35 nitrogen and oxygen atoms in total. The third-order valence-corrected chi connectivity index (χ3v) is 27.9. The number of carbonyl (C=O) groups is 3. The van der Waals surface area contributed by atoms with Crippen molar-refractivity contribution in [2.24, 2.45) is 21.1 Å². The SMILES string of the molecule is NNC1CCN(Cc2ccccc2)CC1.O=C(CCCl)c1ccc2[nH]c(=O)oc2c1.O=C(OCc1ccc(C(F)(F)F)cc1)N1CCC(N2CCC(c3ccc4[nH]c(=O)oc4c3)=N2)CC1.O=C(OCc1ccc(C(F)(F)F)cc1)N1CCC(n2ccc(-c3ccc4[nH]c(=O)oc4c3)n2)CC1.O=c1[nH]c2ccc(C3=NN(C4CCN(Cc5ccccc5)CC4)CC3)cc2o1.O=c1[nH]c2ccc(C3=NN(C4CCNCC4)CC3)cc2o1. The molecule has 14 heterocycles. The molecular weight excluding hydrogens is 1950 g/mol. The lowest BCUT2D eigenvalue weighted by molar-refractivity contribution is -0.138. The summed E-state index contributed by atoms with van der Waals surface area (Å²) in [4.78, 5) is 114. The van der Waals surface area contributed by atoms with Crippen molar-refractivity contribution in [2.45, 2.75) is 159 Å². The minimum Gasteiger partial charge on any atom is -0.445 e. The maximum absolute atomic E-state index is 12.7. The van der Waals surface area contributed by atoms with E-state index in [-0.39, 0.29) is 43.4 Å². The van der Waals surface area contributed by atoms with Gasteiger partial charge in [-0.25, -0.2) is 33.6 Å². The summed E-state index contributed by atoms with van der Waals surface area (Å²) in [7, 11) is 0. The molecule has 0 aliphatic carbocycles. The number of nitrogens with one attached hydrogen (secondary N) is 7. The summed E-state index contributed by atoms with van der Waals surface area (Å²) in [6.07, 6.45) is 4.81. The number of hydrazine groups is 1. The highest BCUT2D eigenvalue weighted by Gasteiger charge is 2.36. The summed E-state index contributed by atoms with van der Waals surface area (Å²) in [5.41, 5.74) is 19.2. The zero-order chi connectivity index (χ0) is 104. The van der Waals surface area contributed by atoms with Crippen LogP contribution in [0.2, 0.25) is 0 Å². The quantitative estimate of drug-likeness (QED) is 0.0115. The van der Waals surface area contributed by atoms with Crippen molar-refractivity contribution in [3.63, 3.8) is 0 Å². The van der Waals surface area contributed by atoms with E-state index >= 15 is 0 Å². The van der Waals surface area contributed by atoms with Crippen molar-refractivity contribution in [1.82, 2.24) is 80.1 Å². The number of H-pyrrole nitrogens is 5. The lowest BCUT2D eigenvalue weighted by atomic mass is 10.0. The molecule has 0 spiro atoms. The Hall–Kier alpha value is -15.2. The molecule has 9 aromatic carbocycles. The number of piperidine rings is 5. The number of Topliss-reactive ketones (excluding diaryl/α,β-unsaturated/α-hetero) is 1. The minimum absolute atomic E-state index is 0.0595. The molecule has 42 heteroatoms. The van der Waals surface area contributed by atoms with Gasteiger partial charge in [0.2, 0.25) is 0 Å². The van der Waals surface area contributed by atoms with Crippen molar-refractivity contribution in [3.8, 4) is 11.3 Å². The van der Waals surface area contributed by atoms with Gasteiger partial charge in [-0.3, -0.25) is 70.5 Å². The van der Waals surface area contributed by atoms with E-state index in [1.54, 1.807) is 46.2 Å². The van der Waals surface area contributed by atoms with E-state index < -0.39 is 64.4 Å². The van der Waals surface area contributed by atoms with Crippen LogP contribution >= 0.6 is 11.6 Å². The molecule has 5 saturated heterocycles. The van der Waals surface area contributed by atoms with Gasteiger partial charge in [0, 0.05) is 169 Å². The number of carbonyl (C=O) groups excluding carboxylic acids is 3. The largest absolute Gasteiger partial charge is 0.445 e. The van der Waals surface area contributed by atoms with Gasteiger partial charge >= 0.3 is 53.3 Å². The molecule has 6 aromatic heterocycles. The predicted octanol–water partition coefficient (Wildman–Crippen LogP) is 16.9. The van der Waals surface area contributed by atoms with E-state index in [0.29, 0.717) is 118 Å². The van der Waals surface area contributed by atoms with Gasteiger partial charge < -0.3 is 46.7 Å². The second-order valence-electron chi connectivity index (χ2n) is 37.7. The van der Waals surface area contributed by atoms with Crippen LogP contribution < -0.4 is 45.4 Å². The standard InChI is InChI=1S/C24H23F3N4O4.C24H21F3N4O4.C22H24N4O2.C15H18N4O2.C12H19N3.C10H8ClNO3/c2*25-24(26,27)17-4-1-15(2-5-17)14-34-23(33)30-10-7-18(8-11-30)31-12-9-19(29-31)16-3-6-20-21(13-16)35-22(32)28-20;27-22-23-20-7-6-17(14-21(20)28-22)19-10-13-26(24-19)18-8-11-25(12-9-18)15-16-4-2-1-3-5-16;20-15-17-13-2-1-10(9-14(13)21-15)12-5-8-19(18-12)11-3-6-16-7-4-11;13-14-12-6-8-15(9-7-12)10-11-4-2-1-3-5-11;11-4-3-8(13)6-1-2-7-9(5-6)15-10(14)12-7/h1-6,13,18H,7-12,14H2,(H,28,32);1-6,9,12-13,18H,7-8,10-11,14H2,(H,28,32);1-7,14,18H,8-13,15H2,(H,23,27);1-2,9,11,16H,3-8H2,(H,17,20);1-5,12,14H,6-10,13H2;1-2,5H,3-4H2,(H,12,14). The van der Waals surface area contributed by atoms with Gasteiger partial charge in [0.25, 0.3) is 0 Å². The normalized spacial score (nSPS) is 16.9. The Balaban J connectivity index is 0.000000120. The van der Waals surface area contributed by atoms with E-state index in [0.717, 1.165) is 223 Å². The number of hydrazone groups is 3. The van der Waals surface area contributed by atoms with Crippen molar-refractivity contribution in [2.75, 3.05) is 91.0 Å². The Bertz CT molecular complexity index is 7520. The maximum Gasteiger partial charge on any atom is 0.417 e. The van der Waals surface area contributed by atoms with E-state index in [4.69, 9.17) is 64.3 Å². The van der Waals surface area contributed by atoms with E-state index in [1.807, 2.05) is 71.5 Å². The van der Waals surface area contributed by atoms with Gasteiger partial charge in [0.1, 0.15) is 13.2 Å². The van der Waals surface area contributed by atoms with Crippen LogP contribution in [0.25, 0.3) is 66.8 Å². The molecule has 15 aromatic rings. The molecular formula is C107H113ClF6N20O15. The maximum atomic E-state index is 12.7. The number of benzene rings is 9. The second kappa shape index (κ2) is 47.8. The summed E-state index contributed by atoms with van der Waals surface area (Å²) in [5.74, 6) is 3.32. The van der Waals surface area contributed by atoms with Crippen molar-refractivity contribution in [3.05, 3.63) is 321 Å². The molecule has 9 N–H and O–H groups in total. The lowest BCUT2D eigenvalue weighted by Gasteiger charge is -2.35.